The Morgan fingerprint density at radius 3 is 2.50 bits per heavy atom. The number of likely N-dealkylation sites (N-methyl/N-ethyl adjacent to an activating group) is 1. The third kappa shape index (κ3) is 4.71. The van der Waals surface area contributed by atoms with Crippen LogP contribution in [-0.2, 0) is 4.79 Å². The van der Waals surface area contributed by atoms with Crippen molar-refractivity contribution in [2.75, 3.05) is 13.6 Å². The molecule has 1 rings (SSSR count). The lowest BCUT2D eigenvalue weighted by molar-refractivity contribution is -0.121. The average molecular weight is 249 g/mol. The Balaban J connectivity index is 0.00000225. The lowest BCUT2D eigenvalue weighted by atomic mass is 9.78. The van der Waals surface area contributed by atoms with E-state index in [2.05, 4.69) is 24.5 Å². The lowest BCUT2D eigenvalue weighted by Crippen LogP contribution is -2.46. The second-order valence-corrected chi connectivity index (χ2v) is 4.90. The third-order valence-electron chi connectivity index (χ3n) is 3.36. The SMILES string of the molecule is CNCC(=O)NC1CCCCC1C(C)C.Cl. The molecule has 2 unspecified atom stereocenters. The van der Waals surface area contributed by atoms with Gasteiger partial charge in [0.1, 0.15) is 0 Å². The summed E-state index contributed by atoms with van der Waals surface area (Å²) in [5, 5.41) is 6.04. The Hall–Kier alpha value is -0.280. The van der Waals surface area contributed by atoms with Crippen molar-refractivity contribution in [3.8, 4) is 0 Å². The van der Waals surface area contributed by atoms with Crippen LogP contribution < -0.4 is 10.6 Å². The van der Waals surface area contributed by atoms with Crippen molar-refractivity contribution in [1.82, 2.24) is 10.6 Å². The van der Waals surface area contributed by atoms with E-state index >= 15 is 0 Å². The molecule has 0 heterocycles. The van der Waals surface area contributed by atoms with E-state index in [0.29, 0.717) is 24.4 Å². The molecule has 96 valence electrons. The van der Waals surface area contributed by atoms with Gasteiger partial charge in [-0.1, -0.05) is 26.7 Å². The van der Waals surface area contributed by atoms with Gasteiger partial charge in [0.15, 0.2) is 0 Å². The van der Waals surface area contributed by atoms with Crippen molar-refractivity contribution in [1.29, 1.82) is 0 Å². The number of nitrogens with one attached hydrogen (secondary N) is 2. The maximum absolute atomic E-state index is 11.5. The minimum atomic E-state index is 0. The van der Waals surface area contributed by atoms with Gasteiger partial charge in [0, 0.05) is 6.04 Å². The van der Waals surface area contributed by atoms with Gasteiger partial charge in [0.25, 0.3) is 0 Å². The molecule has 1 amide bonds. The number of hydrogen-bond donors (Lipinski definition) is 2. The topological polar surface area (TPSA) is 41.1 Å². The summed E-state index contributed by atoms with van der Waals surface area (Å²) in [6.45, 7) is 4.95. The summed E-state index contributed by atoms with van der Waals surface area (Å²) < 4.78 is 0. The van der Waals surface area contributed by atoms with Gasteiger partial charge in [-0.2, -0.15) is 0 Å². The molecule has 0 bridgehead atoms. The zero-order valence-corrected chi connectivity index (χ0v) is 11.4. The van der Waals surface area contributed by atoms with E-state index in [1.807, 2.05) is 0 Å². The highest BCUT2D eigenvalue weighted by atomic mass is 35.5. The molecule has 0 radical (unpaired) electrons. The highest BCUT2D eigenvalue weighted by molar-refractivity contribution is 5.85. The highest BCUT2D eigenvalue weighted by Crippen LogP contribution is 2.29. The fourth-order valence-corrected chi connectivity index (χ4v) is 2.56. The molecule has 0 aromatic carbocycles. The minimum Gasteiger partial charge on any atom is -0.352 e. The Labute approximate surface area is 105 Å². The van der Waals surface area contributed by atoms with Crippen LogP contribution in [0.25, 0.3) is 0 Å². The number of carbonyl (C=O) groups excluding carboxylic acids is 1. The predicted octanol–water partition coefficient (Wildman–Crippen LogP) is 1.96. The Kier molecular flexibility index (Phi) is 7.77. The van der Waals surface area contributed by atoms with Gasteiger partial charge in [0.05, 0.1) is 6.54 Å². The van der Waals surface area contributed by atoms with Gasteiger partial charge in [0.2, 0.25) is 5.91 Å². The van der Waals surface area contributed by atoms with E-state index in [1.54, 1.807) is 7.05 Å². The maximum atomic E-state index is 11.5. The van der Waals surface area contributed by atoms with Crippen molar-refractivity contribution in [2.24, 2.45) is 11.8 Å². The molecular weight excluding hydrogens is 224 g/mol. The van der Waals surface area contributed by atoms with Crippen molar-refractivity contribution in [2.45, 2.75) is 45.6 Å². The van der Waals surface area contributed by atoms with Crippen LogP contribution >= 0.6 is 12.4 Å². The number of rotatable bonds is 4. The first-order valence-electron chi connectivity index (χ1n) is 6.09. The summed E-state index contributed by atoms with van der Waals surface area (Å²) in [5.41, 5.74) is 0. The largest absolute Gasteiger partial charge is 0.352 e. The summed E-state index contributed by atoms with van der Waals surface area (Å²) in [5.74, 6) is 1.47. The first-order valence-corrected chi connectivity index (χ1v) is 6.09. The van der Waals surface area contributed by atoms with Gasteiger partial charge in [-0.15, -0.1) is 12.4 Å². The quantitative estimate of drug-likeness (QED) is 0.799. The number of amides is 1. The molecule has 0 saturated heterocycles. The molecule has 0 aromatic heterocycles. The molecule has 1 fully saturated rings. The van der Waals surface area contributed by atoms with E-state index in [9.17, 15) is 4.79 Å². The summed E-state index contributed by atoms with van der Waals surface area (Å²) in [4.78, 5) is 11.5. The van der Waals surface area contributed by atoms with Crippen molar-refractivity contribution in [3.63, 3.8) is 0 Å². The zero-order chi connectivity index (χ0) is 11.3. The minimum absolute atomic E-state index is 0. The normalized spacial score (nSPS) is 25.0. The van der Waals surface area contributed by atoms with Crippen LogP contribution in [0.2, 0.25) is 0 Å². The van der Waals surface area contributed by atoms with Crippen LogP contribution in [0.15, 0.2) is 0 Å². The van der Waals surface area contributed by atoms with Crippen LogP contribution in [0, 0.1) is 11.8 Å². The molecule has 1 saturated carbocycles. The van der Waals surface area contributed by atoms with Gasteiger partial charge >= 0.3 is 0 Å². The molecule has 4 heteroatoms. The van der Waals surface area contributed by atoms with E-state index < -0.39 is 0 Å². The van der Waals surface area contributed by atoms with Crippen LogP contribution in [0.5, 0.6) is 0 Å². The smallest absolute Gasteiger partial charge is 0.234 e. The molecule has 3 nitrogen and oxygen atoms in total. The van der Waals surface area contributed by atoms with E-state index in [4.69, 9.17) is 0 Å². The van der Waals surface area contributed by atoms with Crippen molar-refractivity contribution >= 4 is 18.3 Å². The van der Waals surface area contributed by atoms with E-state index in [0.717, 1.165) is 6.42 Å². The first-order chi connectivity index (χ1) is 7.15. The molecule has 2 atom stereocenters. The maximum Gasteiger partial charge on any atom is 0.234 e. The van der Waals surface area contributed by atoms with Gasteiger partial charge in [-0.05, 0) is 31.7 Å². The van der Waals surface area contributed by atoms with Gasteiger partial charge in [-0.25, -0.2) is 0 Å². The van der Waals surface area contributed by atoms with Crippen LogP contribution in [0.1, 0.15) is 39.5 Å². The van der Waals surface area contributed by atoms with E-state index in [-0.39, 0.29) is 18.3 Å². The second-order valence-electron chi connectivity index (χ2n) is 4.90. The lowest BCUT2D eigenvalue weighted by Gasteiger charge is -2.34. The number of carbonyl (C=O) groups is 1. The molecule has 16 heavy (non-hydrogen) atoms. The molecule has 0 aliphatic heterocycles. The molecular formula is C12H25ClN2O. The van der Waals surface area contributed by atoms with Crippen molar-refractivity contribution < 1.29 is 4.79 Å². The predicted molar refractivity (Wildman–Crippen MR) is 69.9 cm³/mol. The van der Waals surface area contributed by atoms with Gasteiger partial charge < -0.3 is 10.6 Å². The standard InChI is InChI=1S/C12H24N2O.ClH/c1-9(2)10-6-4-5-7-11(10)14-12(15)8-13-3;/h9-11,13H,4-8H2,1-3H3,(H,14,15);1H. The number of hydrogen-bond acceptors (Lipinski definition) is 2. The molecule has 1 aliphatic carbocycles. The average Bonchev–Trinajstić information content (AvgIpc) is 2.18. The van der Waals surface area contributed by atoms with E-state index in [1.165, 1.54) is 19.3 Å². The zero-order valence-electron chi connectivity index (χ0n) is 10.6. The monoisotopic (exact) mass is 248 g/mol. The number of halogens is 1. The summed E-state index contributed by atoms with van der Waals surface area (Å²) in [6, 6.07) is 0.402. The fraction of sp³-hybridized carbons (Fsp3) is 0.917. The van der Waals surface area contributed by atoms with Crippen LogP contribution in [-0.4, -0.2) is 25.5 Å². The highest BCUT2D eigenvalue weighted by Gasteiger charge is 2.28. The fourth-order valence-electron chi connectivity index (χ4n) is 2.56. The van der Waals surface area contributed by atoms with Crippen molar-refractivity contribution in [3.05, 3.63) is 0 Å². The molecule has 1 aliphatic rings. The summed E-state index contributed by atoms with van der Waals surface area (Å²) in [6.07, 6.45) is 5.00. The molecule has 0 spiro atoms. The van der Waals surface area contributed by atoms with Crippen LogP contribution in [0.3, 0.4) is 0 Å². The first kappa shape index (κ1) is 15.7. The Bertz CT molecular complexity index is 209. The Morgan fingerprint density at radius 2 is 1.94 bits per heavy atom. The summed E-state index contributed by atoms with van der Waals surface area (Å²) >= 11 is 0. The molecule has 0 aromatic rings. The molecule has 2 N–H and O–H groups in total. The third-order valence-corrected chi connectivity index (χ3v) is 3.36. The van der Waals surface area contributed by atoms with Gasteiger partial charge in [-0.3, -0.25) is 4.79 Å². The van der Waals surface area contributed by atoms with Crippen LogP contribution in [0.4, 0.5) is 0 Å². The Morgan fingerprint density at radius 1 is 1.31 bits per heavy atom. The summed E-state index contributed by atoms with van der Waals surface area (Å²) in [7, 11) is 1.81. The second kappa shape index (κ2) is 7.91.